The molecule has 7 heteroatoms. The first-order valence-corrected chi connectivity index (χ1v) is 8.00. The van der Waals surface area contributed by atoms with Crippen molar-refractivity contribution in [1.82, 2.24) is 15.5 Å². The Hall–Kier alpha value is -2.41. The summed E-state index contributed by atoms with van der Waals surface area (Å²) in [6.45, 7) is 2.26. The molecule has 2 heterocycles. The Morgan fingerprint density at radius 3 is 2.67 bits per heavy atom. The van der Waals surface area contributed by atoms with Crippen molar-refractivity contribution in [3.63, 3.8) is 0 Å². The Morgan fingerprint density at radius 1 is 1.29 bits per heavy atom. The van der Waals surface area contributed by atoms with Crippen LogP contribution >= 0.6 is 0 Å². The maximum absolute atomic E-state index is 12.3. The molecule has 2 aliphatic heterocycles. The van der Waals surface area contributed by atoms with Gasteiger partial charge in [-0.2, -0.15) is 0 Å². The number of amides is 3. The Bertz CT molecular complexity index is 648. The summed E-state index contributed by atoms with van der Waals surface area (Å²) in [6, 6.07) is 8.99. The monoisotopic (exact) mass is 331 g/mol. The number of benzene rings is 1. The number of urea groups is 1. The van der Waals surface area contributed by atoms with Crippen LogP contribution in [-0.4, -0.2) is 42.1 Å². The molecule has 2 fully saturated rings. The van der Waals surface area contributed by atoms with Crippen molar-refractivity contribution in [3.05, 3.63) is 35.9 Å². The highest BCUT2D eigenvalue weighted by Crippen LogP contribution is 2.31. The number of esters is 1. The van der Waals surface area contributed by atoms with Crippen LogP contribution in [0.25, 0.3) is 0 Å². The predicted molar refractivity (Wildman–Crippen MR) is 85.5 cm³/mol. The third-order valence-corrected chi connectivity index (χ3v) is 4.79. The highest BCUT2D eigenvalue weighted by atomic mass is 16.5. The van der Waals surface area contributed by atoms with E-state index in [1.165, 1.54) is 7.11 Å². The van der Waals surface area contributed by atoms with Gasteiger partial charge in [0.2, 0.25) is 5.91 Å². The fraction of sp³-hybridized carbons (Fsp3) is 0.471. The van der Waals surface area contributed by atoms with Gasteiger partial charge in [0.1, 0.15) is 0 Å². The summed E-state index contributed by atoms with van der Waals surface area (Å²) in [6.07, 6.45) is -0.0713. The van der Waals surface area contributed by atoms with Gasteiger partial charge in [0.15, 0.2) is 0 Å². The van der Waals surface area contributed by atoms with E-state index in [1.54, 1.807) is 4.90 Å². The lowest BCUT2D eigenvalue weighted by Crippen LogP contribution is -2.69. The van der Waals surface area contributed by atoms with Gasteiger partial charge in [-0.3, -0.25) is 20.2 Å². The fourth-order valence-corrected chi connectivity index (χ4v) is 3.46. The normalized spacial score (nSPS) is 29.7. The quantitative estimate of drug-likeness (QED) is 0.802. The van der Waals surface area contributed by atoms with Crippen molar-refractivity contribution in [1.29, 1.82) is 0 Å². The summed E-state index contributed by atoms with van der Waals surface area (Å²) in [5, 5.41) is 5.66. The van der Waals surface area contributed by atoms with Crippen molar-refractivity contribution in [2.45, 2.75) is 32.1 Å². The van der Waals surface area contributed by atoms with Crippen molar-refractivity contribution in [3.8, 4) is 0 Å². The van der Waals surface area contributed by atoms with Crippen LogP contribution in [0.15, 0.2) is 30.3 Å². The number of carbonyl (C=O) groups is 3. The number of ether oxygens (including phenoxy) is 1. The zero-order chi connectivity index (χ0) is 17.3. The van der Waals surface area contributed by atoms with Gasteiger partial charge in [0, 0.05) is 12.6 Å². The molecule has 24 heavy (non-hydrogen) atoms. The number of nitrogens with one attached hydrogen (secondary N) is 2. The van der Waals surface area contributed by atoms with Gasteiger partial charge in [0.05, 0.1) is 25.1 Å². The minimum atomic E-state index is -0.480. The molecule has 3 rings (SSSR count). The maximum atomic E-state index is 12.3. The van der Waals surface area contributed by atoms with Crippen LogP contribution in [0.2, 0.25) is 0 Å². The molecule has 7 nitrogen and oxygen atoms in total. The van der Waals surface area contributed by atoms with Crippen LogP contribution in [0, 0.1) is 11.8 Å². The smallest absolute Gasteiger partial charge is 0.325 e. The van der Waals surface area contributed by atoms with Gasteiger partial charge in [-0.05, 0) is 18.9 Å². The summed E-state index contributed by atoms with van der Waals surface area (Å²) in [4.78, 5) is 38.1. The molecule has 0 bridgehead atoms. The molecule has 4 atom stereocenters. The number of imide groups is 1. The van der Waals surface area contributed by atoms with E-state index in [-0.39, 0.29) is 17.9 Å². The highest BCUT2D eigenvalue weighted by Gasteiger charge is 2.48. The minimum Gasteiger partial charge on any atom is -0.469 e. The van der Waals surface area contributed by atoms with Crippen LogP contribution in [0.1, 0.15) is 18.9 Å². The Morgan fingerprint density at radius 2 is 2.00 bits per heavy atom. The molecule has 0 saturated carbocycles. The molecule has 2 N–H and O–H groups in total. The topological polar surface area (TPSA) is 87.7 Å². The second-order valence-corrected chi connectivity index (χ2v) is 6.28. The van der Waals surface area contributed by atoms with Crippen molar-refractivity contribution >= 4 is 17.9 Å². The van der Waals surface area contributed by atoms with Gasteiger partial charge in [-0.1, -0.05) is 30.3 Å². The number of piperidine rings is 1. The van der Waals surface area contributed by atoms with E-state index < -0.39 is 24.0 Å². The first kappa shape index (κ1) is 16.4. The Kier molecular flexibility index (Phi) is 4.53. The van der Waals surface area contributed by atoms with Crippen LogP contribution in [0.3, 0.4) is 0 Å². The summed E-state index contributed by atoms with van der Waals surface area (Å²) >= 11 is 0. The number of carbonyl (C=O) groups excluding carboxylic acids is 3. The number of methoxy groups -OCH3 is 1. The third kappa shape index (κ3) is 2.99. The van der Waals surface area contributed by atoms with Gasteiger partial charge in [0.25, 0.3) is 0 Å². The molecule has 0 spiro atoms. The van der Waals surface area contributed by atoms with E-state index >= 15 is 0 Å². The number of hydrogen-bond donors (Lipinski definition) is 2. The molecule has 2 saturated heterocycles. The van der Waals surface area contributed by atoms with E-state index in [2.05, 4.69) is 10.6 Å². The van der Waals surface area contributed by atoms with E-state index in [0.717, 1.165) is 5.56 Å². The Labute approximate surface area is 140 Å². The van der Waals surface area contributed by atoms with E-state index in [9.17, 15) is 14.4 Å². The molecular formula is C17H21N3O4. The van der Waals surface area contributed by atoms with E-state index in [4.69, 9.17) is 4.74 Å². The molecule has 0 aromatic heterocycles. The van der Waals surface area contributed by atoms with Gasteiger partial charge in [-0.15, -0.1) is 0 Å². The Balaban J connectivity index is 1.83. The summed E-state index contributed by atoms with van der Waals surface area (Å²) in [7, 11) is 1.34. The predicted octanol–water partition coefficient (Wildman–Crippen LogP) is 0.852. The first-order chi connectivity index (χ1) is 11.5. The van der Waals surface area contributed by atoms with E-state index in [1.807, 2.05) is 37.3 Å². The molecule has 0 aliphatic carbocycles. The largest absolute Gasteiger partial charge is 0.469 e. The summed E-state index contributed by atoms with van der Waals surface area (Å²) < 4.78 is 4.83. The summed E-state index contributed by atoms with van der Waals surface area (Å²) in [5.41, 5.74) is 0.977. The SMILES string of the molecule is COC(=O)C1CC2C(=O)NC(=O)N(Cc3ccccc3)C2NC1C. The average Bonchev–Trinajstić information content (AvgIpc) is 2.58. The molecule has 2 aliphatic rings. The minimum absolute atomic E-state index is 0.185. The second-order valence-electron chi connectivity index (χ2n) is 6.28. The number of nitrogens with zero attached hydrogens (tertiary/aromatic N) is 1. The molecule has 128 valence electrons. The molecule has 0 radical (unpaired) electrons. The second kappa shape index (κ2) is 6.60. The molecule has 3 amide bonds. The molecule has 4 unspecified atom stereocenters. The van der Waals surface area contributed by atoms with Gasteiger partial charge < -0.3 is 9.64 Å². The number of rotatable bonds is 3. The van der Waals surface area contributed by atoms with E-state index in [0.29, 0.717) is 13.0 Å². The van der Waals surface area contributed by atoms with Gasteiger partial charge in [-0.25, -0.2) is 4.79 Å². The molecule has 1 aromatic carbocycles. The van der Waals surface area contributed by atoms with Crippen molar-refractivity contribution < 1.29 is 19.1 Å². The molecule has 1 aromatic rings. The zero-order valence-corrected chi connectivity index (χ0v) is 13.7. The summed E-state index contributed by atoms with van der Waals surface area (Å²) in [5.74, 6) is -1.57. The third-order valence-electron chi connectivity index (χ3n) is 4.79. The van der Waals surface area contributed by atoms with Crippen LogP contribution < -0.4 is 10.6 Å². The number of fused-ring (bicyclic) bond motifs is 1. The lowest BCUT2D eigenvalue weighted by Gasteiger charge is -2.47. The molecular weight excluding hydrogens is 310 g/mol. The maximum Gasteiger partial charge on any atom is 0.325 e. The lowest BCUT2D eigenvalue weighted by atomic mass is 9.81. The van der Waals surface area contributed by atoms with Crippen molar-refractivity contribution in [2.24, 2.45) is 11.8 Å². The zero-order valence-electron chi connectivity index (χ0n) is 13.7. The fourth-order valence-electron chi connectivity index (χ4n) is 3.46. The van der Waals surface area contributed by atoms with Crippen molar-refractivity contribution in [2.75, 3.05) is 7.11 Å². The van der Waals surface area contributed by atoms with Gasteiger partial charge >= 0.3 is 12.0 Å². The lowest BCUT2D eigenvalue weighted by molar-refractivity contribution is -0.150. The standard InChI is InChI=1S/C17H21N3O4/c1-10-12(16(22)24-2)8-13-14(18-10)20(17(23)19-15(13)21)9-11-6-4-3-5-7-11/h3-7,10,12-14,18H,8-9H2,1-2H3,(H,19,21,23). The van der Waals surface area contributed by atoms with Crippen LogP contribution in [-0.2, 0) is 20.9 Å². The number of hydrogen-bond acceptors (Lipinski definition) is 5. The van der Waals surface area contributed by atoms with Crippen LogP contribution in [0.5, 0.6) is 0 Å². The first-order valence-electron chi connectivity index (χ1n) is 8.00. The highest BCUT2D eigenvalue weighted by molar-refractivity contribution is 5.98. The average molecular weight is 331 g/mol. The van der Waals surface area contributed by atoms with Crippen LogP contribution in [0.4, 0.5) is 4.79 Å².